The Labute approximate surface area is 118 Å². The molecule has 1 aromatic rings. The van der Waals surface area contributed by atoms with Crippen molar-refractivity contribution in [2.75, 3.05) is 23.7 Å². The van der Waals surface area contributed by atoms with Crippen molar-refractivity contribution in [1.82, 2.24) is 0 Å². The highest BCUT2D eigenvalue weighted by Gasteiger charge is 2.38. The zero-order chi connectivity index (χ0) is 14.2. The molecule has 1 aromatic carbocycles. The van der Waals surface area contributed by atoms with Crippen molar-refractivity contribution in [1.29, 1.82) is 0 Å². The summed E-state index contributed by atoms with van der Waals surface area (Å²) in [6.07, 6.45) is 6.26. The Balaban J connectivity index is 1.77. The van der Waals surface area contributed by atoms with Gasteiger partial charge in [0, 0.05) is 13.0 Å². The maximum Gasteiger partial charge on any atom is 0.266 e. The fourth-order valence-corrected chi connectivity index (χ4v) is 3.49. The molecule has 0 bridgehead atoms. The van der Waals surface area contributed by atoms with Crippen molar-refractivity contribution in [3.63, 3.8) is 0 Å². The fraction of sp³-hybridized carbons (Fsp3) is 0.625. The first-order valence-corrected chi connectivity index (χ1v) is 7.57. The number of nitrogen functional groups attached to an aromatic ring is 1. The summed E-state index contributed by atoms with van der Waals surface area (Å²) in [5.41, 5.74) is 8.79. The van der Waals surface area contributed by atoms with Crippen LogP contribution in [0, 0.1) is 0 Å². The molecule has 1 aliphatic carbocycles. The molecule has 20 heavy (non-hydrogen) atoms. The number of hydrogen-bond donors (Lipinski definition) is 1. The van der Waals surface area contributed by atoms with Crippen LogP contribution < -0.4 is 10.6 Å². The lowest BCUT2D eigenvalue weighted by Crippen LogP contribution is -2.25. The summed E-state index contributed by atoms with van der Waals surface area (Å²) in [6.45, 7) is 0.181. The second kappa shape index (κ2) is 5.23. The molecule has 0 amide bonds. The molecule has 110 valence electrons. The van der Waals surface area contributed by atoms with Crippen LogP contribution in [0.4, 0.5) is 20.2 Å². The van der Waals surface area contributed by atoms with Crippen LogP contribution in [0.3, 0.4) is 0 Å². The second-order valence-corrected chi connectivity index (χ2v) is 6.18. The van der Waals surface area contributed by atoms with E-state index in [4.69, 9.17) is 5.73 Å². The quantitative estimate of drug-likeness (QED) is 0.824. The molecule has 2 nitrogen and oxygen atoms in total. The van der Waals surface area contributed by atoms with Crippen LogP contribution >= 0.6 is 0 Å². The summed E-state index contributed by atoms with van der Waals surface area (Å²) < 4.78 is 26.6. The normalized spacial score (nSPS) is 23.2. The molecule has 0 spiro atoms. The summed E-state index contributed by atoms with van der Waals surface area (Å²) in [5.74, 6) is -1.98. The Bertz CT molecular complexity index is 481. The minimum atomic E-state index is -2.57. The third kappa shape index (κ3) is 2.74. The number of benzene rings is 1. The molecular weight excluding hydrogens is 258 g/mol. The van der Waals surface area contributed by atoms with Gasteiger partial charge in [-0.25, -0.2) is 8.78 Å². The van der Waals surface area contributed by atoms with Gasteiger partial charge in [0.05, 0.1) is 17.9 Å². The highest BCUT2D eigenvalue weighted by atomic mass is 19.3. The molecule has 1 saturated heterocycles. The first-order chi connectivity index (χ1) is 9.55. The third-order valence-electron chi connectivity index (χ3n) is 4.64. The molecule has 2 fully saturated rings. The van der Waals surface area contributed by atoms with Gasteiger partial charge < -0.3 is 10.6 Å². The molecule has 1 saturated carbocycles. The molecule has 1 heterocycles. The van der Waals surface area contributed by atoms with Crippen molar-refractivity contribution in [2.24, 2.45) is 0 Å². The molecule has 0 atom stereocenters. The standard InChI is InChI=1S/C16H22F2N2/c17-16(18)8-9-20(11-16)15-7-6-13(10-14(15)19)12-4-2-1-3-5-12/h6-7,10,12H,1-5,8-9,11,19H2. The summed E-state index contributed by atoms with van der Waals surface area (Å²) in [7, 11) is 0. The molecule has 4 heteroatoms. The lowest BCUT2D eigenvalue weighted by atomic mass is 9.84. The van der Waals surface area contributed by atoms with Gasteiger partial charge in [-0.1, -0.05) is 25.3 Å². The van der Waals surface area contributed by atoms with E-state index < -0.39 is 5.92 Å². The van der Waals surface area contributed by atoms with E-state index in [1.807, 2.05) is 12.1 Å². The van der Waals surface area contributed by atoms with E-state index in [9.17, 15) is 8.78 Å². The van der Waals surface area contributed by atoms with E-state index in [1.165, 1.54) is 37.7 Å². The molecule has 0 radical (unpaired) electrons. The van der Waals surface area contributed by atoms with E-state index in [2.05, 4.69) is 6.07 Å². The minimum Gasteiger partial charge on any atom is -0.397 e. The maximum atomic E-state index is 13.3. The van der Waals surface area contributed by atoms with E-state index >= 15 is 0 Å². The Morgan fingerprint density at radius 1 is 1.15 bits per heavy atom. The van der Waals surface area contributed by atoms with Crippen molar-refractivity contribution in [3.05, 3.63) is 23.8 Å². The van der Waals surface area contributed by atoms with Crippen LogP contribution in [0.5, 0.6) is 0 Å². The largest absolute Gasteiger partial charge is 0.397 e. The molecule has 2 aliphatic rings. The van der Waals surface area contributed by atoms with Crippen molar-refractivity contribution >= 4 is 11.4 Å². The van der Waals surface area contributed by atoms with Crippen molar-refractivity contribution < 1.29 is 8.78 Å². The minimum absolute atomic E-state index is 0.0726. The topological polar surface area (TPSA) is 29.3 Å². The SMILES string of the molecule is Nc1cc(C2CCCCC2)ccc1N1CCC(F)(F)C1. The van der Waals surface area contributed by atoms with Crippen molar-refractivity contribution in [3.8, 4) is 0 Å². The number of rotatable bonds is 2. The predicted molar refractivity (Wildman–Crippen MR) is 78.5 cm³/mol. The van der Waals surface area contributed by atoms with E-state index in [1.54, 1.807) is 4.90 Å². The maximum absolute atomic E-state index is 13.3. The van der Waals surface area contributed by atoms with Crippen molar-refractivity contribution in [2.45, 2.75) is 50.4 Å². The lowest BCUT2D eigenvalue weighted by Gasteiger charge is -2.25. The number of anilines is 2. The number of nitrogens with zero attached hydrogens (tertiary/aromatic N) is 1. The number of hydrogen-bond acceptors (Lipinski definition) is 2. The Morgan fingerprint density at radius 2 is 1.90 bits per heavy atom. The van der Waals surface area contributed by atoms with Crippen LogP contribution in [-0.2, 0) is 0 Å². The molecule has 1 aliphatic heterocycles. The predicted octanol–water partition coefficient (Wildman–Crippen LogP) is 4.16. The summed E-state index contributed by atoms with van der Waals surface area (Å²) in [4.78, 5) is 1.71. The second-order valence-electron chi connectivity index (χ2n) is 6.18. The summed E-state index contributed by atoms with van der Waals surface area (Å²) >= 11 is 0. The monoisotopic (exact) mass is 280 g/mol. The average molecular weight is 280 g/mol. The first-order valence-electron chi connectivity index (χ1n) is 7.57. The molecule has 3 rings (SSSR count). The molecule has 0 unspecified atom stereocenters. The zero-order valence-corrected chi connectivity index (χ0v) is 11.7. The summed E-state index contributed by atoms with van der Waals surface area (Å²) in [6, 6.07) is 6.01. The fourth-order valence-electron chi connectivity index (χ4n) is 3.49. The highest BCUT2D eigenvalue weighted by molar-refractivity contribution is 5.69. The number of alkyl halides is 2. The lowest BCUT2D eigenvalue weighted by molar-refractivity contribution is 0.0257. The molecular formula is C16H22F2N2. The van der Waals surface area contributed by atoms with Gasteiger partial charge >= 0.3 is 0 Å². The van der Waals surface area contributed by atoms with E-state index in [-0.39, 0.29) is 13.0 Å². The average Bonchev–Trinajstić information content (AvgIpc) is 2.80. The van der Waals surface area contributed by atoms with Crippen LogP contribution in [0.2, 0.25) is 0 Å². The Hall–Kier alpha value is -1.32. The highest BCUT2D eigenvalue weighted by Crippen LogP contribution is 2.38. The van der Waals surface area contributed by atoms with Gasteiger partial charge in [0.15, 0.2) is 0 Å². The summed E-state index contributed by atoms with van der Waals surface area (Å²) in [5, 5.41) is 0. The van der Waals surface area contributed by atoms with Crippen LogP contribution in [0.25, 0.3) is 0 Å². The Kier molecular flexibility index (Phi) is 3.57. The van der Waals surface area contributed by atoms with Gasteiger partial charge in [-0.05, 0) is 36.5 Å². The molecule has 0 aromatic heterocycles. The Morgan fingerprint density at radius 3 is 2.50 bits per heavy atom. The zero-order valence-electron chi connectivity index (χ0n) is 11.7. The van der Waals surface area contributed by atoms with E-state index in [0.29, 0.717) is 18.2 Å². The van der Waals surface area contributed by atoms with Gasteiger partial charge in [0.25, 0.3) is 5.92 Å². The van der Waals surface area contributed by atoms with E-state index in [0.717, 1.165) is 5.69 Å². The van der Waals surface area contributed by atoms with Gasteiger partial charge in [0.2, 0.25) is 0 Å². The van der Waals surface area contributed by atoms with Crippen LogP contribution in [-0.4, -0.2) is 19.0 Å². The van der Waals surface area contributed by atoms with Crippen LogP contribution in [0.1, 0.15) is 50.0 Å². The first kappa shape index (κ1) is 13.7. The van der Waals surface area contributed by atoms with Gasteiger partial charge in [-0.3, -0.25) is 0 Å². The van der Waals surface area contributed by atoms with Gasteiger partial charge in [0.1, 0.15) is 0 Å². The van der Waals surface area contributed by atoms with Gasteiger partial charge in [-0.2, -0.15) is 0 Å². The molecule has 2 N–H and O–H groups in total. The van der Waals surface area contributed by atoms with Crippen LogP contribution in [0.15, 0.2) is 18.2 Å². The third-order valence-corrected chi connectivity index (χ3v) is 4.64. The van der Waals surface area contributed by atoms with Gasteiger partial charge in [-0.15, -0.1) is 0 Å². The number of halogens is 2. The number of nitrogens with two attached hydrogens (primary N) is 1. The smallest absolute Gasteiger partial charge is 0.266 e.